The summed E-state index contributed by atoms with van der Waals surface area (Å²) in [5, 5.41) is 1.80. The van der Waals surface area contributed by atoms with Gasteiger partial charge in [0.05, 0.1) is 17.1 Å². The molecular formula is C17H19FN4O2S. The van der Waals surface area contributed by atoms with Crippen LogP contribution in [0, 0.1) is 5.82 Å². The molecule has 0 unspecified atom stereocenters. The number of halogens is 1. The Kier molecular flexibility index (Phi) is 5.62. The Hall–Kier alpha value is -2.45. The number of nitrogens with one attached hydrogen (secondary N) is 2. The van der Waals surface area contributed by atoms with E-state index in [1.165, 1.54) is 17.4 Å². The maximum absolute atomic E-state index is 13.8. The van der Waals surface area contributed by atoms with Crippen molar-refractivity contribution >= 4 is 28.8 Å². The van der Waals surface area contributed by atoms with E-state index in [-0.39, 0.29) is 24.2 Å². The number of amides is 2. The Balaban J connectivity index is 1.42. The number of carbonyl (C=O) groups excluding carboxylic acids is 2. The lowest BCUT2D eigenvalue weighted by molar-refractivity contribution is -0.123. The van der Waals surface area contributed by atoms with Crippen LogP contribution in [-0.2, 0) is 4.79 Å². The van der Waals surface area contributed by atoms with Crippen LogP contribution in [0.4, 0.5) is 10.1 Å². The second-order valence-corrected chi connectivity index (χ2v) is 6.64. The highest BCUT2D eigenvalue weighted by atomic mass is 32.1. The highest BCUT2D eigenvalue weighted by molar-refractivity contribution is 7.12. The molecule has 0 radical (unpaired) electrons. The molecule has 3 rings (SSSR count). The van der Waals surface area contributed by atoms with Crippen molar-refractivity contribution in [2.24, 2.45) is 0 Å². The largest absolute Gasteiger partial charge is 0.367 e. The number of carbonyl (C=O) groups is 2. The first-order valence-electron chi connectivity index (χ1n) is 7.98. The molecule has 25 heavy (non-hydrogen) atoms. The summed E-state index contributed by atoms with van der Waals surface area (Å²) in [6.07, 6.45) is 0. The lowest BCUT2D eigenvalue weighted by atomic mass is 10.2. The van der Waals surface area contributed by atoms with Crippen LogP contribution >= 0.6 is 11.3 Å². The third kappa shape index (κ3) is 4.55. The van der Waals surface area contributed by atoms with Gasteiger partial charge in [-0.2, -0.15) is 0 Å². The molecule has 0 bridgehead atoms. The second-order valence-electron chi connectivity index (χ2n) is 5.69. The first-order valence-corrected chi connectivity index (χ1v) is 8.86. The minimum Gasteiger partial charge on any atom is -0.367 e. The standard InChI is InChI=1S/C17H19FN4O2S/c18-13-4-1-2-5-14(13)22-9-7-21(8-10-22)12-16(23)19-20-17(24)15-6-3-11-25-15/h1-6,11H,7-10,12H2,(H,19,23)(H,20,24). The molecule has 2 amide bonds. The molecule has 1 saturated heterocycles. The van der Waals surface area contributed by atoms with Crippen molar-refractivity contribution in [2.45, 2.75) is 0 Å². The van der Waals surface area contributed by atoms with E-state index in [0.717, 1.165) is 0 Å². The van der Waals surface area contributed by atoms with Crippen LogP contribution in [0.2, 0.25) is 0 Å². The van der Waals surface area contributed by atoms with Crippen LogP contribution in [0.25, 0.3) is 0 Å². The van der Waals surface area contributed by atoms with Gasteiger partial charge in [-0.05, 0) is 23.6 Å². The summed E-state index contributed by atoms with van der Waals surface area (Å²) in [7, 11) is 0. The zero-order valence-corrected chi connectivity index (χ0v) is 14.4. The van der Waals surface area contributed by atoms with E-state index in [4.69, 9.17) is 0 Å². The van der Waals surface area contributed by atoms with Gasteiger partial charge < -0.3 is 4.90 Å². The van der Waals surface area contributed by atoms with Gasteiger partial charge in [0, 0.05) is 26.2 Å². The van der Waals surface area contributed by atoms with Gasteiger partial charge in [0.2, 0.25) is 0 Å². The summed E-state index contributed by atoms with van der Waals surface area (Å²) in [5.41, 5.74) is 5.42. The van der Waals surface area contributed by atoms with Gasteiger partial charge in [-0.15, -0.1) is 11.3 Å². The number of thiophene rings is 1. The van der Waals surface area contributed by atoms with E-state index in [2.05, 4.69) is 10.9 Å². The van der Waals surface area contributed by atoms with Crippen molar-refractivity contribution in [1.29, 1.82) is 0 Å². The first kappa shape index (κ1) is 17.4. The monoisotopic (exact) mass is 362 g/mol. The normalized spacial score (nSPS) is 15.0. The fraction of sp³-hybridized carbons (Fsp3) is 0.294. The maximum Gasteiger partial charge on any atom is 0.279 e. The zero-order valence-electron chi connectivity index (χ0n) is 13.6. The van der Waals surface area contributed by atoms with Crippen LogP contribution < -0.4 is 15.8 Å². The Labute approximate surface area is 149 Å². The number of hydrogen-bond acceptors (Lipinski definition) is 5. The van der Waals surface area contributed by atoms with Gasteiger partial charge in [-0.25, -0.2) is 4.39 Å². The lowest BCUT2D eigenvalue weighted by Gasteiger charge is -2.35. The Morgan fingerprint density at radius 3 is 2.48 bits per heavy atom. The summed E-state index contributed by atoms with van der Waals surface area (Å²) >= 11 is 1.31. The molecule has 2 aromatic rings. The maximum atomic E-state index is 13.8. The molecular weight excluding hydrogens is 343 g/mol. The molecule has 1 aliphatic rings. The van der Waals surface area contributed by atoms with Crippen LogP contribution in [0.1, 0.15) is 9.67 Å². The predicted molar refractivity (Wildman–Crippen MR) is 95.0 cm³/mol. The van der Waals surface area contributed by atoms with Crippen molar-refractivity contribution in [3.63, 3.8) is 0 Å². The molecule has 1 aliphatic heterocycles. The average Bonchev–Trinajstić information content (AvgIpc) is 3.16. The van der Waals surface area contributed by atoms with Crippen molar-refractivity contribution in [3.05, 3.63) is 52.5 Å². The summed E-state index contributed by atoms with van der Waals surface area (Å²) in [6.45, 7) is 2.79. The zero-order chi connectivity index (χ0) is 17.6. The second kappa shape index (κ2) is 8.09. The number of nitrogens with zero attached hydrogens (tertiary/aromatic N) is 2. The fourth-order valence-corrected chi connectivity index (χ4v) is 3.31. The minimum atomic E-state index is -0.326. The first-order chi connectivity index (χ1) is 12.1. The SMILES string of the molecule is O=C(CN1CCN(c2ccccc2F)CC1)NNC(=O)c1cccs1. The third-order valence-electron chi connectivity index (χ3n) is 3.99. The number of benzene rings is 1. The topological polar surface area (TPSA) is 64.7 Å². The van der Waals surface area contributed by atoms with Gasteiger partial charge in [0.1, 0.15) is 5.82 Å². The van der Waals surface area contributed by atoms with Gasteiger partial charge in [0.15, 0.2) is 0 Å². The van der Waals surface area contributed by atoms with Crippen LogP contribution in [0.15, 0.2) is 41.8 Å². The number of para-hydroxylation sites is 1. The van der Waals surface area contributed by atoms with E-state index in [9.17, 15) is 14.0 Å². The summed E-state index contributed by atoms with van der Waals surface area (Å²) in [4.78, 5) is 28.2. The molecule has 0 spiro atoms. The fourth-order valence-electron chi connectivity index (χ4n) is 2.69. The van der Waals surface area contributed by atoms with Gasteiger partial charge in [0.25, 0.3) is 11.8 Å². The lowest BCUT2D eigenvalue weighted by Crippen LogP contribution is -2.52. The summed E-state index contributed by atoms with van der Waals surface area (Å²) < 4.78 is 13.8. The molecule has 0 saturated carbocycles. The molecule has 1 fully saturated rings. The summed E-state index contributed by atoms with van der Waals surface area (Å²) in [5.74, 6) is -0.832. The number of piperazine rings is 1. The van der Waals surface area contributed by atoms with Crippen LogP contribution in [0.5, 0.6) is 0 Å². The number of hydrogen-bond donors (Lipinski definition) is 2. The summed E-state index contributed by atoms with van der Waals surface area (Å²) in [6, 6.07) is 10.2. The molecule has 132 valence electrons. The van der Waals surface area contributed by atoms with E-state index in [0.29, 0.717) is 36.7 Å². The van der Waals surface area contributed by atoms with Crippen molar-refractivity contribution in [2.75, 3.05) is 37.6 Å². The van der Waals surface area contributed by atoms with Crippen molar-refractivity contribution < 1.29 is 14.0 Å². The molecule has 2 heterocycles. The minimum absolute atomic E-state index is 0.190. The van der Waals surface area contributed by atoms with Gasteiger partial charge in [-0.1, -0.05) is 18.2 Å². The molecule has 0 aliphatic carbocycles. The predicted octanol–water partition coefficient (Wildman–Crippen LogP) is 1.47. The third-order valence-corrected chi connectivity index (χ3v) is 4.86. The molecule has 2 N–H and O–H groups in total. The molecule has 1 aromatic heterocycles. The average molecular weight is 362 g/mol. The highest BCUT2D eigenvalue weighted by Gasteiger charge is 2.21. The van der Waals surface area contributed by atoms with Crippen molar-refractivity contribution in [3.8, 4) is 0 Å². The quantitative estimate of drug-likeness (QED) is 0.809. The highest BCUT2D eigenvalue weighted by Crippen LogP contribution is 2.19. The number of anilines is 1. The molecule has 0 atom stereocenters. The van der Waals surface area contributed by atoms with Crippen LogP contribution in [0.3, 0.4) is 0 Å². The van der Waals surface area contributed by atoms with Gasteiger partial charge in [-0.3, -0.25) is 25.3 Å². The molecule has 8 heteroatoms. The Bertz CT molecular complexity index is 730. The molecule has 6 nitrogen and oxygen atoms in total. The van der Waals surface area contributed by atoms with Gasteiger partial charge >= 0.3 is 0 Å². The van der Waals surface area contributed by atoms with E-state index < -0.39 is 0 Å². The Morgan fingerprint density at radius 1 is 1.04 bits per heavy atom. The number of rotatable bonds is 4. The van der Waals surface area contributed by atoms with E-state index in [1.54, 1.807) is 29.6 Å². The van der Waals surface area contributed by atoms with E-state index >= 15 is 0 Å². The molecule has 1 aromatic carbocycles. The smallest absolute Gasteiger partial charge is 0.279 e. The van der Waals surface area contributed by atoms with Crippen LogP contribution in [-0.4, -0.2) is 49.4 Å². The number of hydrazine groups is 1. The van der Waals surface area contributed by atoms with Crippen molar-refractivity contribution in [1.82, 2.24) is 15.8 Å². The van der Waals surface area contributed by atoms with E-state index in [1.807, 2.05) is 15.9 Å². The Morgan fingerprint density at radius 2 is 1.80 bits per heavy atom.